The maximum Gasteiger partial charge on any atom is 0.0786 e. The quantitative estimate of drug-likeness (QED) is 0.0646. The zero-order valence-corrected chi connectivity index (χ0v) is 24.7. The zero-order chi connectivity index (χ0) is 22.2. The van der Waals surface area contributed by atoms with Crippen molar-refractivity contribution in [3.05, 3.63) is 0 Å². The predicted octanol–water partition coefficient (Wildman–Crippen LogP) is 7.08. The van der Waals surface area contributed by atoms with Crippen LogP contribution in [0.5, 0.6) is 0 Å². The highest BCUT2D eigenvalue weighted by Crippen LogP contribution is 2.18. The lowest BCUT2D eigenvalue weighted by Gasteiger charge is -2.38. The molecule has 0 rings (SSSR count). The van der Waals surface area contributed by atoms with Crippen molar-refractivity contribution in [2.24, 2.45) is 0 Å². The number of halogens is 1. The second kappa shape index (κ2) is 26.9. The van der Waals surface area contributed by atoms with Gasteiger partial charge < -0.3 is 28.5 Å². The van der Waals surface area contributed by atoms with Crippen molar-refractivity contribution >= 4 is 0 Å². The third-order valence-electron chi connectivity index (χ3n) is 7.38. The van der Waals surface area contributed by atoms with Gasteiger partial charge in [-0.1, -0.05) is 117 Å². The average Bonchev–Trinajstić information content (AvgIpc) is 2.76. The van der Waals surface area contributed by atoms with E-state index in [1.54, 1.807) is 0 Å². The summed E-state index contributed by atoms with van der Waals surface area (Å²) >= 11 is 0. The monoisotopic (exact) mass is 551 g/mol. The molecule has 0 saturated heterocycles. The normalized spacial score (nSPS) is 11.6. The molecule has 0 fully saturated rings. The zero-order valence-electron chi connectivity index (χ0n) is 22.5. The molecule has 31 heavy (non-hydrogen) atoms. The summed E-state index contributed by atoms with van der Waals surface area (Å²) < 4.78 is 1.43. The van der Waals surface area contributed by atoms with Crippen LogP contribution in [-0.2, 0) is 0 Å². The highest BCUT2D eigenvalue weighted by atomic mass is 127. The minimum Gasteiger partial charge on any atom is -1.00 e. The molecular weight excluding hydrogens is 489 g/mol. The van der Waals surface area contributed by atoms with Crippen molar-refractivity contribution < 1.29 is 28.5 Å². The topological polar surface area (TPSA) is 0 Å². The van der Waals surface area contributed by atoms with E-state index >= 15 is 0 Å². The molecule has 2 heteroatoms. The van der Waals surface area contributed by atoms with Gasteiger partial charge in [0.25, 0.3) is 0 Å². The van der Waals surface area contributed by atoms with Crippen LogP contribution in [0.15, 0.2) is 0 Å². The predicted molar refractivity (Wildman–Crippen MR) is 139 cm³/mol. The Kier molecular flexibility index (Phi) is 29.4. The van der Waals surface area contributed by atoms with Gasteiger partial charge in [-0.2, -0.15) is 0 Å². The van der Waals surface area contributed by atoms with E-state index in [1.807, 2.05) is 0 Å². The van der Waals surface area contributed by atoms with Gasteiger partial charge in [-0.3, -0.25) is 0 Å². The van der Waals surface area contributed by atoms with Crippen LogP contribution in [0.3, 0.4) is 0 Å². The Morgan fingerprint density at radius 2 is 0.548 bits per heavy atom. The van der Waals surface area contributed by atoms with Crippen LogP contribution >= 0.6 is 0 Å². The van der Waals surface area contributed by atoms with Crippen LogP contribution in [0.1, 0.15) is 163 Å². The molecular formula is C29H62IN. The van der Waals surface area contributed by atoms with Gasteiger partial charge in [0, 0.05) is 0 Å². The van der Waals surface area contributed by atoms with E-state index in [-0.39, 0.29) is 24.0 Å². The summed E-state index contributed by atoms with van der Waals surface area (Å²) in [5.74, 6) is 0. The molecule has 0 aliphatic heterocycles. The van der Waals surface area contributed by atoms with Gasteiger partial charge in [-0.25, -0.2) is 0 Å². The van der Waals surface area contributed by atoms with Crippen LogP contribution < -0.4 is 24.0 Å². The summed E-state index contributed by atoms with van der Waals surface area (Å²) in [6, 6.07) is 0. The van der Waals surface area contributed by atoms with Gasteiger partial charge in [0.05, 0.1) is 26.2 Å². The standard InChI is InChI=1S/C29H62N.HI/c1-5-9-12-15-18-21-24-27-30(8-4,28-25-22-19-16-13-10-6-2)29-26-23-20-17-14-11-7-3;/h5-29H2,1-4H3;1H/q+1;/p-1. The largest absolute Gasteiger partial charge is 1.00 e. The summed E-state index contributed by atoms with van der Waals surface area (Å²) in [7, 11) is 0. The fourth-order valence-electron chi connectivity index (χ4n) is 5.02. The van der Waals surface area contributed by atoms with E-state index in [1.165, 1.54) is 165 Å². The second-order valence-corrected chi connectivity index (χ2v) is 10.2. The van der Waals surface area contributed by atoms with E-state index < -0.39 is 0 Å². The molecule has 190 valence electrons. The molecule has 0 bridgehead atoms. The van der Waals surface area contributed by atoms with Gasteiger partial charge in [-0.05, 0) is 45.4 Å². The first-order valence-corrected chi connectivity index (χ1v) is 14.6. The molecule has 0 aliphatic rings. The lowest BCUT2D eigenvalue weighted by molar-refractivity contribution is -0.927. The fourth-order valence-corrected chi connectivity index (χ4v) is 5.02. The third-order valence-corrected chi connectivity index (χ3v) is 7.38. The van der Waals surface area contributed by atoms with Gasteiger partial charge in [0.2, 0.25) is 0 Å². The van der Waals surface area contributed by atoms with E-state index in [0.29, 0.717) is 0 Å². The number of nitrogens with zero attached hydrogens (tertiary/aromatic N) is 1. The minimum atomic E-state index is 0. The maximum absolute atomic E-state index is 2.48. The Labute approximate surface area is 216 Å². The summed E-state index contributed by atoms with van der Waals surface area (Å²) in [6.07, 6.45) is 30.4. The van der Waals surface area contributed by atoms with Crippen LogP contribution in [-0.4, -0.2) is 30.7 Å². The Hall–Kier alpha value is 0.690. The Morgan fingerprint density at radius 1 is 0.323 bits per heavy atom. The van der Waals surface area contributed by atoms with Crippen LogP contribution in [0.2, 0.25) is 0 Å². The Balaban J connectivity index is 0. The number of hydrogen-bond acceptors (Lipinski definition) is 0. The molecule has 0 saturated carbocycles. The van der Waals surface area contributed by atoms with Gasteiger partial charge in [0.1, 0.15) is 0 Å². The molecule has 0 aromatic heterocycles. The Morgan fingerprint density at radius 3 is 0.774 bits per heavy atom. The minimum absolute atomic E-state index is 0. The lowest BCUT2D eigenvalue weighted by Crippen LogP contribution is -3.00. The first-order valence-electron chi connectivity index (χ1n) is 14.6. The number of rotatable bonds is 25. The molecule has 0 atom stereocenters. The van der Waals surface area contributed by atoms with Crippen LogP contribution in [0, 0.1) is 0 Å². The SMILES string of the molecule is CCCCCCCCC[N+](CC)(CCCCCCCCC)CCCCCCCCC.[I-]. The molecule has 0 unspecified atom stereocenters. The van der Waals surface area contributed by atoms with Crippen molar-refractivity contribution in [1.29, 1.82) is 0 Å². The molecule has 1 nitrogen and oxygen atoms in total. The second-order valence-electron chi connectivity index (χ2n) is 10.2. The van der Waals surface area contributed by atoms with Crippen molar-refractivity contribution in [3.63, 3.8) is 0 Å². The van der Waals surface area contributed by atoms with E-state index in [9.17, 15) is 0 Å². The van der Waals surface area contributed by atoms with Crippen molar-refractivity contribution in [2.45, 2.75) is 163 Å². The smallest absolute Gasteiger partial charge is 0.0786 e. The molecule has 0 aromatic rings. The highest BCUT2D eigenvalue weighted by Gasteiger charge is 2.23. The fraction of sp³-hybridized carbons (Fsp3) is 1.00. The summed E-state index contributed by atoms with van der Waals surface area (Å²) in [4.78, 5) is 0. The number of unbranched alkanes of at least 4 members (excludes halogenated alkanes) is 18. The van der Waals surface area contributed by atoms with E-state index in [4.69, 9.17) is 0 Å². The van der Waals surface area contributed by atoms with Crippen LogP contribution in [0.4, 0.5) is 0 Å². The molecule has 0 spiro atoms. The van der Waals surface area contributed by atoms with Crippen molar-refractivity contribution in [1.82, 2.24) is 0 Å². The lowest BCUT2D eigenvalue weighted by atomic mass is 10.1. The third kappa shape index (κ3) is 22.3. The summed E-state index contributed by atoms with van der Waals surface area (Å²) in [5, 5.41) is 0. The highest BCUT2D eigenvalue weighted by molar-refractivity contribution is 4.53. The van der Waals surface area contributed by atoms with Crippen molar-refractivity contribution in [2.75, 3.05) is 26.2 Å². The first-order chi connectivity index (χ1) is 14.7. The molecule has 0 aromatic carbocycles. The molecule has 0 heterocycles. The van der Waals surface area contributed by atoms with E-state index in [2.05, 4.69) is 27.7 Å². The first kappa shape index (κ1) is 33.9. The number of quaternary nitrogens is 1. The molecule has 0 radical (unpaired) electrons. The molecule has 0 amide bonds. The molecule has 0 N–H and O–H groups in total. The van der Waals surface area contributed by atoms with Gasteiger partial charge in [-0.15, -0.1) is 0 Å². The van der Waals surface area contributed by atoms with Gasteiger partial charge in [0.15, 0.2) is 0 Å². The summed E-state index contributed by atoms with van der Waals surface area (Å²) in [5.41, 5.74) is 0. The van der Waals surface area contributed by atoms with E-state index in [0.717, 1.165) is 0 Å². The maximum atomic E-state index is 2.48. The molecule has 0 aliphatic carbocycles. The Bertz CT molecular complexity index is 272. The average molecular weight is 552 g/mol. The summed E-state index contributed by atoms with van der Waals surface area (Å²) in [6.45, 7) is 15.2. The number of hydrogen-bond donors (Lipinski definition) is 0. The van der Waals surface area contributed by atoms with Crippen LogP contribution in [0.25, 0.3) is 0 Å². The van der Waals surface area contributed by atoms with Gasteiger partial charge >= 0.3 is 0 Å². The van der Waals surface area contributed by atoms with Crippen molar-refractivity contribution in [3.8, 4) is 0 Å².